The molecule has 0 saturated carbocycles. The van der Waals surface area contributed by atoms with Crippen molar-refractivity contribution in [2.75, 3.05) is 32.0 Å². The fourth-order valence-corrected chi connectivity index (χ4v) is 2.67. The Kier molecular flexibility index (Phi) is 8.53. The minimum absolute atomic E-state index is 0.180. The molecule has 2 rings (SSSR count). The van der Waals surface area contributed by atoms with Gasteiger partial charge in [-0.2, -0.15) is 9.97 Å². The van der Waals surface area contributed by atoms with Gasteiger partial charge in [0.05, 0.1) is 6.61 Å². The molecule has 0 saturated heterocycles. The maximum absolute atomic E-state index is 12.2. The number of ether oxygens (including phenoxy) is 1. The van der Waals surface area contributed by atoms with Crippen molar-refractivity contribution in [2.24, 2.45) is 0 Å². The van der Waals surface area contributed by atoms with Crippen LogP contribution < -0.4 is 26.8 Å². The first kappa shape index (κ1) is 21.5. The van der Waals surface area contributed by atoms with Crippen LogP contribution in [0, 0.1) is 0 Å². The monoisotopic (exact) mass is 395 g/mol. The number of hydrogen-bond acceptors (Lipinski definition) is 7. The van der Waals surface area contributed by atoms with Gasteiger partial charge in [-0.3, -0.25) is 4.57 Å². The van der Waals surface area contributed by atoms with Crippen LogP contribution in [0.5, 0.6) is 6.01 Å². The molecule has 0 aliphatic rings. The van der Waals surface area contributed by atoms with Crippen LogP contribution in [0.3, 0.4) is 0 Å². The molecule has 0 aliphatic carbocycles. The molecule has 0 spiro atoms. The van der Waals surface area contributed by atoms with E-state index in [9.17, 15) is 9.59 Å². The molecular formula is C17H29N7O4. The average Bonchev–Trinajstić information content (AvgIpc) is 2.96. The lowest BCUT2D eigenvalue weighted by molar-refractivity contribution is 0.194. The topological polar surface area (TPSA) is 160 Å². The molecule has 156 valence electrons. The summed E-state index contributed by atoms with van der Waals surface area (Å²) in [5, 5.41) is 14.1. The van der Waals surface area contributed by atoms with Crippen molar-refractivity contribution in [1.29, 1.82) is 0 Å². The van der Waals surface area contributed by atoms with Crippen LogP contribution in [0.2, 0.25) is 0 Å². The number of amides is 1. The van der Waals surface area contributed by atoms with Crippen molar-refractivity contribution >= 4 is 23.1 Å². The summed E-state index contributed by atoms with van der Waals surface area (Å²) in [7, 11) is 0. The van der Waals surface area contributed by atoms with Crippen LogP contribution >= 0.6 is 0 Å². The number of aromatic nitrogens is 4. The lowest BCUT2D eigenvalue weighted by atomic mass is 10.3. The number of imidazole rings is 1. The third-order valence-electron chi connectivity index (χ3n) is 4.15. The molecule has 1 amide bonds. The van der Waals surface area contributed by atoms with E-state index >= 15 is 0 Å². The molecule has 0 atom stereocenters. The highest BCUT2D eigenvalue weighted by atomic mass is 16.5. The molecule has 0 unspecified atom stereocenters. The summed E-state index contributed by atoms with van der Waals surface area (Å²) >= 11 is 0. The van der Waals surface area contributed by atoms with Gasteiger partial charge in [-0.15, -0.1) is 0 Å². The van der Waals surface area contributed by atoms with Crippen molar-refractivity contribution in [2.45, 2.75) is 45.6 Å². The lowest BCUT2D eigenvalue weighted by Crippen LogP contribution is -2.24. The predicted octanol–water partition coefficient (Wildman–Crippen LogP) is 0.908. The van der Waals surface area contributed by atoms with E-state index in [-0.39, 0.29) is 17.5 Å². The number of hydrogen-bond donors (Lipinski definition) is 5. The first-order chi connectivity index (χ1) is 13.5. The number of rotatable bonds is 13. The summed E-state index contributed by atoms with van der Waals surface area (Å²) in [4.78, 5) is 33.7. The Morgan fingerprint density at radius 1 is 1.21 bits per heavy atom. The number of anilines is 1. The zero-order chi connectivity index (χ0) is 20.4. The number of nitrogens with zero attached hydrogens (tertiary/aromatic N) is 3. The Labute approximate surface area is 162 Å². The van der Waals surface area contributed by atoms with Crippen molar-refractivity contribution in [3.05, 3.63) is 10.5 Å². The van der Waals surface area contributed by atoms with E-state index in [1.54, 1.807) is 4.57 Å². The number of aromatic amines is 1. The van der Waals surface area contributed by atoms with Crippen molar-refractivity contribution in [1.82, 2.24) is 30.2 Å². The van der Waals surface area contributed by atoms with E-state index in [0.29, 0.717) is 30.9 Å². The second kappa shape index (κ2) is 11.1. The summed E-state index contributed by atoms with van der Waals surface area (Å²) in [6.07, 6.45) is 3.26. The van der Waals surface area contributed by atoms with E-state index in [2.05, 4.69) is 32.5 Å². The number of unbranched alkanes of at least 4 members (excludes halogenated alkanes) is 2. The van der Waals surface area contributed by atoms with Gasteiger partial charge in [0.25, 0.3) is 0 Å². The number of carboxylic acid groups (broad SMARTS) is 1. The lowest BCUT2D eigenvalue weighted by Gasteiger charge is -2.07. The van der Waals surface area contributed by atoms with Crippen molar-refractivity contribution in [3.8, 4) is 6.01 Å². The van der Waals surface area contributed by atoms with E-state index < -0.39 is 6.09 Å². The first-order valence-corrected chi connectivity index (χ1v) is 9.59. The highest BCUT2D eigenvalue weighted by Gasteiger charge is 2.14. The van der Waals surface area contributed by atoms with Crippen LogP contribution in [-0.2, 0) is 6.54 Å². The predicted molar refractivity (Wildman–Crippen MR) is 106 cm³/mol. The van der Waals surface area contributed by atoms with Gasteiger partial charge in [-0.05, 0) is 38.8 Å². The molecule has 0 bridgehead atoms. The maximum Gasteiger partial charge on any atom is 0.404 e. The molecule has 6 N–H and O–H groups in total. The SMILES string of the molecule is CCCCOc1nc(N)c2[nH]c(=O)n(CCCNCCCCNC(=O)O)c2n1. The van der Waals surface area contributed by atoms with Crippen LogP contribution in [0.1, 0.15) is 39.0 Å². The summed E-state index contributed by atoms with van der Waals surface area (Å²) in [5.74, 6) is 0.195. The number of aryl methyl sites for hydroxylation is 1. The summed E-state index contributed by atoms with van der Waals surface area (Å²) < 4.78 is 7.06. The zero-order valence-electron chi connectivity index (χ0n) is 16.2. The summed E-state index contributed by atoms with van der Waals surface area (Å²) in [5.41, 5.74) is 6.52. The van der Waals surface area contributed by atoms with Gasteiger partial charge < -0.3 is 31.2 Å². The number of H-pyrrole nitrogens is 1. The fourth-order valence-electron chi connectivity index (χ4n) is 2.67. The van der Waals surface area contributed by atoms with Crippen LogP contribution in [0.4, 0.5) is 10.6 Å². The Morgan fingerprint density at radius 3 is 2.71 bits per heavy atom. The van der Waals surface area contributed by atoms with Crippen molar-refractivity contribution < 1.29 is 14.6 Å². The number of nitrogens with one attached hydrogen (secondary N) is 3. The van der Waals surface area contributed by atoms with Gasteiger partial charge in [-0.1, -0.05) is 13.3 Å². The highest BCUT2D eigenvalue weighted by Crippen LogP contribution is 2.17. The minimum Gasteiger partial charge on any atom is -0.465 e. The largest absolute Gasteiger partial charge is 0.465 e. The third kappa shape index (κ3) is 6.41. The smallest absolute Gasteiger partial charge is 0.404 e. The van der Waals surface area contributed by atoms with Gasteiger partial charge in [0.2, 0.25) is 0 Å². The van der Waals surface area contributed by atoms with Gasteiger partial charge in [0.15, 0.2) is 11.5 Å². The molecule has 0 radical (unpaired) electrons. The zero-order valence-corrected chi connectivity index (χ0v) is 16.2. The second-order valence-electron chi connectivity index (χ2n) is 6.42. The molecule has 28 heavy (non-hydrogen) atoms. The summed E-state index contributed by atoms with van der Waals surface area (Å²) in [6.45, 7) is 5.01. The van der Waals surface area contributed by atoms with Gasteiger partial charge in [0, 0.05) is 13.1 Å². The molecule has 0 fully saturated rings. The molecular weight excluding hydrogens is 366 g/mol. The van der Waals surface area contributed by atoms with Crippen LogP contribution in [-0.4, -0.2) is 57.0 Å². The second-order valence-corrected chi connectivity index (χ2v) is 6.42. The Balaban J connectivity index is 1.84. The number of carbonyl (C=O) groups is 1. The molecule has 0 aliphatic heterocycles. The molecule has 11 heteroatoms. The highest BCUT2D eigenvalue weighted by molar-refractivity contribution is 5.81. The average molecular weight is 395 g/mol. The Bertz CT molecular complexity index is 818. The van der Waals surface area contributed by atoms with Gasteiger partial charge in [0.1, 0.15) is 5.52 Å². The summed E-state index contributed by atoms with van der Waals surface area (Å²) in [6, 6.07) is 0.180. The quantitative estimate of drug-likeness (QED) is 0.313. The first-order valence-electron chi connectivity index (χ1n) is 9.59. The number of nitrogens with two attached hydrogens (primary N) is 1. The van der Waals surface area contributed by atoms with Gasteiger partial charge >= 0.3 is 17.8 Å². The number of nitrogen functional groups attached to an aromatic ring is 1. The van der Waals surface area contributed by atoms with Crippen molar-refractivity contribution in [3.63, 3.8) is 0 Å². The Hall–Kier alpha value is -2.82. The molecule has 11 nitrogen and oxygen atoms in total. The number of fused-ring (bicyclic) bond motifs is 1. The van der Waals surface area contributed by atoms with E-state index in [0.717, 1.165) is 45.2 Å². The molecule has 2 aromatic heterocycles. The van der Waals surface area contributed by atoms with Gasteiger partial charge in [-0.25, -0.2) is 9.59 Å². The van der Waals surface area contributed by atoms with E-state index in [1.807, 2.05) is 0 Å². The molecule has 2 aromatic rings. The van der Waals surface area contributed by atoms with E-state index in [1.165, 1.54) is 0 Å². The molecule has 0 aromatic carbocycles. The minimum atomic E-state index is -1.000. The standard InChI is InChI=1S/C17H29N7O4/c1-2-3-11-28-15-22-13(18)12-14(23-15)24(16(25)21-12)10-6-8-19-7-4-5-9-20-17(26)27/h19-20H,2-11H2,1H3,(H,21,25)(H,26,27)(H2,18,22,23). The Morgan fingerprint density at radius 2 is 1.96 bits per heavy atom. The molecule has 2 heterocycles. The third-order valence-corrected chi connectivity index (χ3v) is 4.15. The van der Waals surface area contributed by atoms with E-state index in [4.69, 9.17) is 15.6 Å². The van der Waals surface area contributed by atoms with Crippen LogP contribution in [0.15, 0.2) is 4.79 Å². The normalized spacial score (nSPS) is 11.0. The fraction of sp³-hybridized carbons (Fsp3) is 0.647. The van der Waals surface area contributed by atoms with Crippen LogP contribution in [0.25, 0.3) is 11.2 Å². The maximum atomic E-state index is 12.2.